The summed E-state index contributed by atoms with van der Waals surface area (Å²) in [5.41, 5.74) is 7.55. The fourth-order valence-corrected chi connectivity index (χ4v) is 2.56. The molecular formula is C14H16FN3O2S. The van der Waals surface area contributed by atoms with Crippen molar-refractivity contribution in [3.8, 4) is 0 Å². The van der Waals surface area contributed by atoms with Gasteiger partial charge in [0, 0.05) is 13.6 Å². The van der Waals surface area contributed by atoms with Crippen LogP contribution >= 0.6 is 0 Å². The SMILES string of the molecule is CN(Cc1cccc(F)c1)c1cc(S(N)(=O)=O)ccc1N. The first-order chi connectivity index (χ1) is 9.77. The third-order valence-electron chi connectivity index (χ3n) is 3.05. The van der Waals surface area contributed by atoms with Gasteiger partial charge in [-0.1, -0.05) is 12.1 Å². The molecule has 0 heterocycles. The van der Waals surface area contributed by atoms with Crippen LogP contribution in [0.3, 0.4) is 0 Å². The minimum atomic E-state index is -3.80. The maximum atomic E-state index is 13.2. The van der Waals surface area contributed by atoms with Crippen LogP contribution in [0.15, 0.2) is 47.4 Å². The van der Waals surface area contributed by atoms with Gasteiger partial charge in [-0.3, -0.25) is 0 Å². The number of benzene rings is 2. The van der Waals surface area contributed by atoms with Crippen LogP contribution in [0.25, 0.3) is 0 Å². The second kappa shape index (κ2) is 5.71. The Hall–Kier alpha value is -2.12. The Balaban J connectivity index is 2.32. The molecule has 0 aliphatic carbocycles. The molecule has 0 saturated heterocycles. The smallest absolute Gasteiger partial charge is 0.238 e. The number of halogens is 1. The molecule has 2 aromatic rings. The Bertz CT molecular complexity index is 763. The highest BCUT2D eigenvalue weighted by Crippen LogP contribution is 2.26. The number of hydrogen-bond acceptors (Lipinski definition) is 4. The van der Waals surface area contributed by atoms with Gasteiger partial charge in [0.1, 0.15) is 5.82 Å². The van der Waals surface area contributed by atoms with Crippen molar-refractivity contribution >= 4 is 21.4 Å². The molecule has 21 heavy (non-hydrogen) atoms. The molecule has 0 atom stereocenters. The van der Waals surface area contributed by atoms with Crippen LogP contribution in [0, 0.1) is 5.82 Å². The zero-order valence-electron chi connectivity index (χ0n) is 11.5. The summed E-state index contributed by atoms with van der Waals surface area (Å²) in [4.78, 5) is 1.72. The van der Waals surface area contributed by atoms with E-state index in [2.05, 4.69) is 0 Å². The molecule has 0 aliphatic rings. The topological polar surface area (TPSA) is 89.4 Å². The van der Waals surface area contributed by atoms with E-state index >= 15 is 0 Å². The van der Waals surface area contributed by atoms with E-state index in [9.17, 15) is 12.8 Å². The lowest BCUT2D eigenvalue weighted by atomic mass is 10.2. The number of anilines is 2. The Kier molecular flexibility index (Phi) is 4.15. The third kappa shape index (κ3) is 3.71. The monoisotopic (exact) mass is 309 g/mol. The maximum Gasteiger partial charge on any atom is 0.238 e. The number of nitrogens with two attached hydrogens (primary N) is 2. The molecule has 0 fully saturated rings. The summed E-state index contributed by atoms with van der Waals surface area (Å²) in [7, 11) is -2.06. The molecule has 0 saturated carbocycles. The molecule has 2 aromatic carbocycles. The highest BCUT2D eigenvalue weighted by Gasteiger charge is 2.13. The van der Waals surface area contributed by atoms with Crippen LogP contribution in [0.1, 0.15) is 5.56 Å². The molecule has 0 radical (unpaired) electrons. The number of rotatable bonds is 4. The lowest BCUT2D eigenvalue weighted by Gasteiger charge is -2.22. The zero-order valence-corrected chi connectivity index (χ0v) is 12.3. The van der Waals surface area contributed by atoms with Crippen molar-refractivity contribution in [2.24, 2.45) is 5.14 Å². The summed E-state index contributed by atoms with van der Waals surface area (Å²) in [5.74, 6) is -0.327. The summed E-state index contributed by atoms with van der Waals surface area (Å²) in [6, 6.07) is 10.4. The molecule has 7 heteroatoms. The fourth-order valence-electron chi connectivity index (χ4n) is 2.03. The van der Waals surface area contributed by atoms with Crippen LogP contribution in [0.5, 0.6) is 0 Å². The summed E-state index contributed by atoms with van der Waals surface area (Å²) < 4.78 is 36.0. The molecule has 0 amide bonds. The highest BCUT2D eigenvalue weighted by atomic mass is 32.2. The van der Waals surface area contributed by atoms with Gasteiger partial charge in [0.25, 0.3) is 0 Å². The maximum absolute atomic E-state index is 13.2. The van der Waals surface area contributed by atoms with Crippen molar-refractivity contribution in [1.29, 1.82) is 0 Å². The molecule has 0 spiro atoms. The van der Waals surface area contributed by atoms with E-state index in [0.29, 0.717) is 17.9 Å². The van der Waals surface area contributed by atoms with Gasteiger partial charge < -0.3 is 10.6 Å². The minimum absolute atomic E-state index is 0.0159. The fraction of sp³-hybridized carbons (Fsp3) is 0.143. The first-order valence-electron chi connectivity index (χ1n) is 6.15. The molecule has 5 nitrogen and oxygen atoms in total. The van der Waals surface area contributed by atoms with Gasteiger partial charge in [-0.15, -0.1) is 0 Å². The Morgan fingerprint density at radius 3 is 2.52 bits per heavy atom. The number of sulfonamides is 1. The average Bonchev–Trinajstić information content (AvgIpc) is 2.37. The molecular weight excluding hydrogens is 293 g/mol. The minimum Gasteiger partial charge on any atom is -0.397 e. The van der Waals surface area contributed by atoms with Gasteiger partial charge in [0.05, 0.1) is 16.3 Å². The van der Waals surface area contributed by atoms with Crippen molar-refractivity contribution in [3.05, 3.63) is 53.8 Å². The van der Waals surface area contributed by atoms with Crippen LogP contribution in [-0.2, 0) is 16.6 Å². The lowest BCUT2D eigenvalue weighted by Crippen LogP contribution is -2.19. The molecule has 0 aliphatic heterocycles. The van der Waals surface area contributed by atoms with E-state index in [0.717, 1.165) is 5.56 Å². The van der Waals surface area contributed by atoms with Gasteiger partial charge in [-0.25, -0.2) is 17.9 Å². The van der Waals surface area contributed by atoms with Crippen LogP contribution < -0.4 is 15.8 Å². The molecule has 0 bridgehead atoms. The highest BCUT2D eigenvalue weighted by molar-refractivity contribution is 7.89. The van der Waals surface area contributed by atoms with Gasteiger partial charge in [-0.05, 0) is 35.9 Å². The van der Waals surface area contributed by atoms with E-state index in [-0.39, 0.29) is 10.7 Å². The van der Waals surface area contributed by atoms with E-state index in [1.165, 1.54) is 30.3 Å². The number of primary sulfonamides is 1. The summed E-state index contributed by atoms with van der Waals surface area (Å²) in [6.45, 7) is 0.385. The van der Waals surface area contributed by atoms with Crippen LogP contribution in [0.4, 0.5) is 15.8 Å². The van der Waals surface area contributed by atoms with Crippen molar-refractivity contribution in [3.63, 3.8) is 0 Å². The predicted octanol–water partition coefficient (Wildman–Crippen LogP) is 1.69. The van der Waals surface area contributed by atoms with Gasteiger partial charge in [0.15, 0.2) is 0 Å². The quantitative estimate of drug-likeness (QED) is 0.841. The molecule has 4 N–H and O–H groups in total. The van der Waals surface area contributed by atoms with Crippen molar-refractivity contribution in [2.45, 2.75) is 11.4 Å². The zero-order chi connectivity index (χ0) is 15.6. The predicted molar refractivity (Wildman–Crippen MR) is 80.7 cm³/mol. The number of nitrogen functional groups attached to an aromatic ring is 1. The summed E-state index contributed by atoms with van der Waals surface area (Å²) in [5, 5.41) is 5.11. The van der Waals surface area contributed by atoms with Gasteiger partial charge >= 0.3 is 0 Å². The molecule has 2 rings (SSSR count). The number of hydrogen-bond donors (Lipinski definition) is 2. The summed E-state index contributed by atoms with van der Waals surface area (Å²) >= 11 is 0. The van der Waals surface area contributed by atoms with Crippen molar-refractivity contribution in [2.75, 3.05) is 17.7 Å². The Labute approximate surface area is 123 Å². The normalized spacial score (nSPS) is 11.4. The summed E-state index contributed by atoms with van der Waals surface area (Å²) in [6.07, 6.45) is 0. The van der Waals surface area contributed by atoms with E-state index in [1.54, 1.807) is 24.1 Å². The Morgan fingerprint density at radius 2 is 1.90 bits per heavy atom. The van der Waals surface area contributed by atoms with Gasteiger partial charge in [0.2, 0.25) is 10.0 Å². The first-order valence-corrected chi connectivity index (χ1v) is 7.70. The molecule has 0 aromatic heterocycles. The van der Waals surface area contributed by atoms with E-state index in [1.807, 2.05) is 0 Å². The third-order valence-corrected chi connectivity index (χ3v) is 3.96. The average molecular weight is 309 g/mol. The Morgan fingerprint density at radius 1 is 1.19 bits per heavy atom. The van der Waals surface area contributed by atoms with E-state index < -0.39 is 10.0 Å². The van der Waals surface area contributed by atoms with Crippen LogP contribution in [0.2, 0.25) is 0 Å². The number of nitrogens with zero attached hydrogens (tertiary/aromatic N) is 1. The first kappa shape index (κ1) is 15.3. The molecule has 0 unspecified atom stereocenters. The van der Waals surface area contributed by atoms with Crippen LogP contribution in [-0.4, -0.2) is 15.5 Å². The van der Waals surface area contributed by atoms with E-state index in [4.69, 9.17) is 10.9 Å². The second-order valence-electron chi connectivity index (χ2n) is 4.75. The molecule has 112 valence electrons. The van der Waals surface area contributed by atoms with Crippen molar-refractivity contribution < 1.29 is 12.8 Å². The van der Waals surface area contributed by atoms with Crippen molar-refractivity contribution in [1.82, 2.24) is 0 Å². The lowest BCUT2D eigenvalue weighted by molar-refractivity contribution is 0.598. The standard InChI is InChI=1S/C14H16FN3O2S/c1-18(9-10-3-2-4-11(15)7-10)14-8-12(21(17,19)20)5-6-13(14)16/h2-8H,9,16H2,1H3,(H2,17,19,20). The largest absolute Gasteiger partial charge is 0.397 e. The second-order valence-corrected chi connectivity index (χ2v) is 6.31. The van der Waals surface area contributed by atoms with Gasteiger partial charge in [-0.2, -0.15) is 0 Å².